The van der Waals surface area contributed by atoms with Crippen molar-refractivity contribution >= 4 is 34.8 Å². The molecule has 0 atom stereocenters. The molecule has 1 amide bonds. The number of benzene rings is 1. The summed E-state index contributed by atoms with van der Waals surface area (Å²) in [5, 5.41) is 7.40. The summed E-state index contributed by atoms with van der Waals surface area (Å²) in [5.74, 6) is -0.165. The number of halogens is 2. The van der Waals surface area contributed by atoms with Gasteiger partial charge in [0.25, 0.3) is 5.91 Å². The maximum Gasteiger partial charge on any atom is 0.269 e. The molecule has 1 aromatic heterocycles. The van der Waals surface area contributed by atoms with Gasteiger partial charge in [0.2, 0.25) is 0 Å². The molecule has 0 saturated carbocycles. The summed E-state index contributed by atoms with van der Waals surface area (Å²) in [6.07, 6.45) is 2.42. The predicted octanol–water partition coefficient (Wildman–Crippen LogP) is 3.33. The lowest BCUT2D eigenvalue weighted by atomic mass is 10.1. The van der Waals surface area contributed by atoms with Crippen LogP contribution in [0.25, 0.3) is 0 Å². The van der Waals surface area contributed by atoms with Crippen molar-refractivity contribution in [1.29, 1.82) is 0 Å². The molecular formula is C18H22Cl2N4O. The molecule has 0 aliphatic rings. The van der Waals surface area contributed by atoms with E-state index < -0.39 is 0 Å². The largest absolute Gasteiger partial charge is 0.383 e. The number of aromatic nitrogens is 1. The number of rotatable bonds is 8. The fourth-order valence-electron chi connectivity index (χ4n) is 2.18. The quantitative estimate of drug-likeness (QED) is 0.737. The number of nitrogens with one attached hydrogen (secondary N) is 2. The highest BCUT2D eigenvalue weighted by molar-refractivity contribution is 6.35. The maximum atomic E-state index is 12.0. The average molecular weight is 381 g/mol. The van der Waals surface area contributed by atoms with Crippen LogP contribution >= 0.6 is 23.2 Å². The maximum absolute atomic E-state index is 12.0. The fourth-order valence-corrected chi connectivity index (χ4v) is 2.69. The molecule has 2 aromatic rings. The lowest BCUT2D eigenvalue weighted by Crippen LogP contribution is -2.31. The highest BCUT2D eigenvalue weighted by Gasteiger charge is 2.07. The number of likely N-dealkylation sites (N-methyl/N-ethyl adjacent to an activating group) is 1. The summed E-state index contributed by atoms with van der Waals surface area (Å²) < 4.78 is 0. The van der Waals surface area contributed by atoms with Crippen LogP contribution in [0.2, 0.25) is 10.0 Å². The van der Waals surface area contributed by atoms with Gasteiger partial charge >= 0.3 is 0 Å². The van der Waals surface area contributed by atoms with Crippen molar-refractivity contribution in [2.24, 2.45) is 0 Å². The van der Waals surface area contributed by atoms with Gasteiger partial charge in [-0.05, 0) is 50.3 Å². The van der Waals surface area contributed by atoms with Gasteiger partial charge in [-0.2, -0.15) is 0 Å². The number of hydrogen-bond acceptors (Lipinski definition) is 4. The first-order valence-electron chi connectivity index (χ1n) is 8.02. The Bertz CT molecular complexity index is 705. The van der Waals surface area contributed by atoms with Gasteiger partial charge in [0, 0.05) is 29.7 Å². The second-order valence-electron chi connectivity index (χ2n) is 5.90. The van der Waals surface area contributed by atoms with Gasteiger partial charge in [-0.1, -0.05) is 29.3 Å². The summed E-state index contributed by atoms with van der Waals surface area (Å²) >= 11 is 12.0. The van der Waals surface area contributed by atoms with Crippen LogP contribution < -0.4 is 10.6 Å². The third kappa shape index (κ3) is 6.53. The smallest absolute Gasteiger partial charge is 0.269 e. The van der Waals surface area contributed by atoms with Crippen molar-refractivity contribution < 1.29 is 4.79 Å². The van der Waals surface area contributed by atoms with Gasteiger partial charge in [-0.15, -0.1) is 0 Å². The second kappa shape index (κ2) is 9.61. The molecule has 134 valence electrons. The van der Waals surface area contributed by atoms with Gasteiger partial charge in [0.1, 0.15) is 5.69 Å². The Kier molecular flexibility index (Phi) is 7.50. The van der Waals surface area contributed by atoms with E-state index >= 15 is 0 Å². The summed E-state index contributed by atoms with van der Waals surface area (Å²) in [6.45, 7) is 2.09. The molecule has 1 heterocycles. The number of carbonyl (C=O) groups excluding carboxylic acids is 1. The first-order chi connectivity index (χ1) is 12.0. The summed E-state index contributed by atoms with van der Waals surface area (Å²) in [4.78, 5) is 18.2. The van der Waals surface area contributed by atoms with E-state index in [0.717, 1.165) is 24.2 Å². The van der Waals surface area contributed by atoms with Crippen LogP contribution in [0.1, 0.15) is 16.1 Å². The van der Waals surface area contributed by atoms with Gasteiger partial charge in [-0.3, -0.25) is 4.79 Å². The van der Waals surface area contributed by atoms with E-state index in [9.17, 15) is 4.79 Å². The average Bonchev–Trinajstić information content (AvgIpc) is 2.57. The van der Waals surface area contributed by atoms with Crippen molar-refractivity contribution in [3.63, 3.8) is 0 Å². The molecule has 0 bridgehead atoms. The Morgan fingerprint density at radius 2 is 1.96 bits per heavy atom. The third-order valence-corrected chi connectivity index (χ3v) is 4.17. The second-order valence-corrected chi connectivity index (χ2v) is 6.75. The Labute approximate surface area is 158 Å². The van der Waals surface area contributed by atoms with Crippen LogP contribution in [0.5, 0.6) is 0 Å². The zero-order chi connectivity index (χ0) is 18.2. The standard InChI is InChI=1S/C18H22Cl2N4O/c1-24(2)10-9-22-18(25)17-6-5-15(12-23-17)21-8-7-13-3-4-14(19)11-16(13)20/h3-6,11-12,21H,7-10H2,1-2H3,(H,22,25). The summed E-state index contributed by atoms with van der Waals surface area (Å²) in [5.41, 5.74) is 2.29. The molecule has 0 spiro atoms. The summed E-state index contributed by atoms with van der Waals surface area (Å²) in [6, 6.07) is 9.05. The number of nitrogens with zero attached hydrogens (tertiary/aromatic N) is 2. The molecular weight excluding hydrogens is 359 g/mol. The van der Waals surface area contributed by atoms with Crippen molar-refractivity contribution in [3.8, 4) is 0 Å². The predicted molar refractivity (Wildman–Crippen MR) is 104 cm³/mol. The van der Waals surface area contributed by atoms with Crippen molar-refractivity contribution in [1.82, 2.24) is 15.2 Å². The van der Waals surface area contributed by atoms with Gasteiger partial charge < -0.3 is 15.5 Å². The molecule has 0 aliphatic heterocycles. The third-order valence-electron chi connectivity index (χ3n) is 3.58. The highest BCUT2D eigenvalue weighted by atomic mass is 35.5. The Balaban J connectivity index is 1.80. The first kappa shape index (κ1) is 19.5. The lowest BCUT2D eigenvalue weighted by molar-refractivity contribution is 0.0946. The molecule has 0 fully saturated rings. The van der Waals surface area contributed by atoms with E-state index in [1.54, 1.807) is 18.3 Å². The number of amides is 1. The summed E-state index contributed by atoms with van der Waals surface area (Å²) in [7, 11) is 3.92. The Morgan fingerprint density at radius 1 is 1.16 bits per heavy atom. The first-order valence-corrected chi connectivity index (χ1v) is 8.78. The minimum Gasteiger partial charge on any atom is -0.383 e. The van der Waals surface area contributed by atoms with Crippen LogP contribution in [-0.2, 0) is 6.42 Å². The van der Waals surface area contributed by atoms with E-state index in [0.29, 0.717) is 28.8 Å². The van der Waals surface area contributed by atoms with Crippen LogP contribution in [0, 0.1) is 0 Å². The lowest BCUT2D eigenvalue weighted by Gasteiger charge is -2.11. The topological polar surface area (TPSA) is 57.3 Å². The van der Waals surface area contributed by atoms with Crippen molar-refractivity contribution in [2.75, 3.05) is 39.0 Å². The molecule has 7 heteroatoms. The molecule has 2 rings (SSSR count). The molecule has 0 unspecified atom stereocenters. The molecule has 5 nitrogen and oxygen atoms in total. The van der Waals surface area contributed by atoms with Crippen LogP contribution in [-0.4, -0.2) is 49.5 Å². The normalized spacial score (nSPS) is 10.8. The van der Waals surface area contributed by atoms with Crippen molar-refractivity contribution in [2.45, 2.75) is 6.42 Å². The minimum absolute atomic E-state index is 0.165. The van der Waals surface area contributed by atoms with E-state index in [1.807, 2.05) is 37.2 Å². The molecule has 0 aliphatic carbocycles. The monoisotopic (exact) mass is 380 g/mol. The molecule has 25 heavy (non-hydrogen) atoms. The van der Waals surface area contributed by atoms with Crippen LogP contribution in [0.4, 0.5) is 5.69 Å². The van der Waals surface area contributed by atoms with E-state index in [2.05, 4.69) is 15.6 Å². The zero-order valence-corrected chi connectivity index (χ0v) is 15.9. The number of anilines is 1. The number of carbonyl (C=O) groups is 1. The molecule has 0 radical (unpaired) electrons. The molecule has 2 N–H and O–H groups in total. The fraction of sp³-hybridized carbons (Fsp3) is 0.333. The van der Waals surface area contributed by atoms with Gasteiger partial charge in [-0.25, -0.2) is 4.98 Å². The minimum atomic E-state index is -0.165. The SMILES string of the molecule is CN(C)CCNC(=O)c1ccc(NCCc2ccc(Cl)cc2Cl)cn1. The van der Waals surface area contributed by atoms with E-state index in [4.69, 9.17) is 23.2 Å². The van der Waals surface area contributed by atoms with Crippen molar-refractivity contribution in [3.05, 3.63) is 57.8 Å². The van der Waals surface area contributed by atoms with E-state index in [-0.39, 0.29) is 5.91 Å². The number of hydrogen-bond donors (Lipinski definition) is 2. The van der Waals surface area contributed by atoms with Gasteiger partial charge in [0.15, 0.2) is 0 Å². The zero-order valence-electron chi connectivity index (χ0n) is 14.4. The Hall–Kier alpha value is -1.82. The molecule has 1 aromatic carbocycles. The van der Waals surface area contributed by atoms with Crippen LogP contribution in [0.3, 0.4) is 0 Å². The molecule has 0 saturated heterocycles. The highest BCUT2D eigenvalue weighted by Crippen LogP contribution is 2.21. The van der Waals surface area contributed by atoms with Crippen LogP contribution in [0.15, 0.2) is 36.5 Å². The Morgan fingerprint density at radius 3 is 2.60 bits per heavy atom. The van der Waals surface area contributed by atoms with Gasteiger partial charge in [0.05, 0.1) is 11.9 Å². The van der Waals surface area contributed by atoms with E-state index in [1.165, 1.54) is 0 Å². The number of pyridine rings is 1.